The summed E-state index contributed by atoms with van der Waals surface area (Å²) >= 11 is 0. The Morgan fingerprint density at radius 1 is 1.31 bits per heavy atom. The number of carbonyl (C=O) groups excluding carboxylic acids is 2. The molecular weight excluding hydrogens is 392 g/mol. The molecule has 2 atom stereocenters. The average molecular weight is 425 g/mol. The first kappa shape index (κ1) is 24.8. The number of likely N-dealkylation sites (N-methyl/N-ethyl adjacent to an activating group) is 1. The summed E-state index contributed by atoms with van der Waals surface area (Å²) < 4.78 is 5.32. The van der Waals surface area contributed by atoms with Gasteiger partial charge in [0.15, 0.2) is 0 Å². The normalized spacial score (nSPS) is 20.4. The van der Waals surface area contributed by atoms with E-state index in [4.69, 9.17) is 4.74 Å². The standard InChI is InChI=1S/C21H30N2O5.H2S/c1-5-21(11-6-7-12-23(4)19(21)26)15-9-8-10-16(13-15)28-20(27)22-17(14(2)3)18(24)25;/h8-10,13-14,17H,5-7,11-12H2,1-4H3,(H,22,27)(H,24,25);1H2/t17-,21?;/m0./s1. The lowest BCUT2D eigenvalue weighted by atomic mass is 9.73. The molecule has 0 saturated carbocycles. The summed E-state index contributed by atoms with van der Waals surface area (Å²) in [6, 6.07) is 5.95. The molecular formula is C21H32N2O5S. The lowest BCUT2D eigenvalue weighted by molar-refractivity contribution is -0.140. The molecule has 2 amide bonds. The number of nitrogens with zero attached hydrogens (tertiary/aromatic N) is 1. The molecule has 1 unspecified atom stereocenters. The predicted molar refractivity (Wildman–Crippen MR) is 116 cm³/mol. The van der Waals surface area contributed by atoms with E-state index in [-0.39, 0.29) is 31.1 Å². The molecule has 0 bridgehead atoms. The monoisotopic (exact) mass is 424 g/mol. The van der Waals surface area contributed by atoms with Gasteiger partial charge in [-0.1, -0.05) is 39.3 Å². The van der Waals surface area contributed by atoms with E-state index in [1.165, 1.54) is 0 Å². The van der Waals surface area contributed by atoms with Crippen molar-refractivity contribution in [2.75, 3.05) is 13.6 Å². The maximum atomic E-state index is 13.1. The maximum Gasteiger partial charge on any atom is 0.413 e. The number of rotatable bonds is 6. The molecule has 162 valence electrons. The third kappa shape index (κ3) is 5.65. The van der Waals surface area contributed by atoms with Crippen molar-refractivity contribution in [3.05, 3.63) is 29.8 Å². The Kier molecular flexibility index (Phi) is 9.01. The van der Waals surface area contributed by atoms with Crippen molar-refractivity contribution in [1.82, 2.24) is 10.2 Å². The Balaban J connectivity index is 0.00000420. The number of hydrogen-bond acceptors (Lipinski definition) is 4. The van der Waals surface area contributed by atoms with Crippen LogP contribution in [0.3, 0.4) is 0 Å². The summed E-state index contributed by atoms with van der Waals surface area (Å²) in [7, 11) is 1.82. The van der Waals surface area contributed by atoms with Crippen LogP contribution in [-0.2, 0) is 15.0 Å². The molecule has 1 aromatic rings. The SMILES string of the molecule is CCC1(c2cccc(OC(=O)N[C@H](C(=O)O)C(C)C)c2)CCCCN(C)C1=O.S. The van der Waals surface area contributed by atoms with Gasteiger partial charge in [0.25, 0.3) is 0 Å². The van der Waals surface area contributed by atoms with Crippen LogP contribution in [0.4, 0.5) is 4.79 Å². The van der Waals surface area contributed by atoms with E-state index in [2.05, 4.69) is 5.32 Å². The van der Waals surface area contributed by atoms with Gasteiger partial charge in [0, 0.05) is 13.6 Å². The largest absolute Gasteiger partial charge is 0.480 e. The number of hydrogen-bond donors (Lipinski definition) is 2. The highest BCUT2D eigenvalue weighted by molar-refractivity contribution is 7.59. The van der Waals surface area contributed by atoms with Crippen LogP contribution in [-0.4, -0.2) is 47.6 Å². The molecule has 2 N–H and O–H groups in total. The molecule has 0 aromatic heterocycles. The fourth-order valence-electron chi connectivity index (χ4n) is 3.78. The zero-order chi connectivity index (χ0) is 20.9. The van der Waals surface area contributed by atoms with Gasteiger partial charge in [0.2, 0.25) is 5.91 Å². The summed E-state index contributed by atoms with van der Waals surface area (Å²) in [5.74, 6) is -1.02. The van der Waals surface area contributed by atoms with Gasteiger partial charge in [-0.2, -0.15) is 13.5 Å². The zero-order valence-corrected chi connectivity index (χ0v) is 18.5. The van der Waals surface area contributed by atoms with Gasteiger partial charge in [0.05, 0.1) is 5.41 Å². The molecule has 7 nitrogen and oxygen atoms in total. The number of carboxylic acids is 1. The quantitative estimate of drug-likeness (QED) is 0.731. The van der Waals surface area contributed by atoms with Crippen LogP contribution in [0.1, 0.15) is 52.0 Å². The smallest absolute Gasteiger partial charge is 0.413 e. The van der Waals surface area contributed by atoms with Gasteiger partial charge in [0.1, 0.15) is 11.8 Å². The van der Waals surface area contributed by atoms with Crippen molar-refractivity contribution in [1.29, 1.82) is 0 Å². The lowest BCUT2D eigenvalue weighted by Crippen LogP contribution is -2.45. The Bertz CT molecular complexity index is 740. The molecule has 0 spiro atoms. The zero-order valence-electron chi connectivity index (χ0n) is 17.5. The van der Waals surface area contributed by atoms with Crippen LogP contribution >= 0.6 is 13.5 Å². The number of carboxylic acid groups (broad SMARTS) is 1. The molecule has 2 rings (SSSR count). The highest BCUT2D eigenvalue weighted by Crippen LogP contribution is 2.38. The highest BCUT2D eigenvalue weighted by atomic mass is 32.1. The highest BCUT2D eigenvalue weighted by Gasteiger charge is 2.41. The van der Waals surface area contributed by atoms with E-state index in [1.54, 1.807) is 36.9 Å². The second-order valence-electron chi connectivity index (χ2n) is 7.74. The molecule has 29 heavy (non-hydrogen) atoms. The van der Waals surface area contributed by atoms with E-state index >= 15 is 0 Å². The first-order valence-corrected chi connectivity index (χ1v) is 9.78. The number of carbonyl (C=O) groups is 3. The minimum atomic E-state index is -1.11. The van der Waals surface area contributed by atoms with Crippen molar-refractivity contribution < 1.29 is 24.2 Å². The van der Waals surface area contributed by atoms with Gasteiger partial charge >= 0.3 is 12.1 Å². The molecule has 1 heterocycles. The van der Waals surface area contributed by atoms with Crippen LogP contribution in [0.15, 0.2) is 24.3 Å². The topological polar surface area (TPSA) is 95.9 Å². The van der Waals surface area contributed by atoms with E-state index in [9.17, 15) is 19.5 Å². The van der Waals surface area contributed by atoms with Crippen molar-refractivity contribution in [3.8, 4) is 5.75 Å². The summed E-state index contributed by atoms with van der Waals surface area (Å²) in [5.41, 5.74) is 0.181. The van der Waals surface area contributed by atoms with E-state index in [1.807, 2.05) is 20.0 Å². The fourth-order valence-corrected chi connectivity index (χ4v) is 3.78. The molecule has 1 fully saturated rings. The van der Waals surface area contributed by atoms with Crippen LogP contribution in [0, 0.1) is 5.92 Å². The average Bonchev–Trinajstić information content (AvgIpc) is 2.79. The Hall–Kier alpha value is -2.22. The molecule has 0 aliphatic carbocycles. The van der Waals surface area contributed by atoms with Crippen LogP contribution in [0.25, 0.3) is 0 Å². The third-order valence-electron chi connectivity index (χ3n) is 5.51. The van der Waals surface area contributed by atoms with Gasteiger partial charge < -0.3 is 20.1 Å². The van der Waals surface area contributed by atoms with E-state index < -0.39 is 23.5 Å². The van der Waals surface area contributed by atoms with Crippen molar-refractivity contribution >= 4 is 31.5 Å². The second-order valence-corrected chi connectivity index (χ2v) is 7.74. The fraction of sp³-hybridized carbons (Fsp3) is 0.571. The molecule has 1 aliphatic rings. The second kappa shape index (κ2) is 10.5. The van der Waals surface area contributed by atoms with E-state index in [0.717, 1.165) is 31.4 Å². The van der Waals surface area contributed by atoms with Crippen molar-refractivity contribution in [3.63, 3.8) is 0 Å². The number of aliphatic carboxylic acids is 1. The molecule has 1 aromatic carbocycles. The van der Waals surface area contributed by atoms with Gasteiger partial charge in [-0.05, 0) is 42.9 Å². The Morgan fingerprint density at radius 2 is 2.00 bits per heavy atom. The van der Waals surface area contributed by atoms with Gasteiger partial charge in [-0.3, -0.25) is 4.79 Å². The van der Waals surface area contributed by atoms with E-state index in [0.29, 0.717) is 6.42 Å². The predicted octanol–water partition coefficient (Wildman–Crippen LogP) is 3.29. The molecule has 0 radical (unpaired) electrons. The molecule has 8 heteroatoms. The molecule has 1 saturated heterocycles. The first-order valence-electron chi connectivity index (χ1n) is 9.78. The van der Waals surface area contributed by atoms with Crippen LogP contribution < -0.4 is 10.1 Å². The number of ether oxygens (including phenoxy) is 1. The Labute approximate surface area is 179 Å². The van der Waals surface area contributed by atoms with Crippen molar-refractivity contribution in [2.24, 2.45) is 5.92 Å². The first-order chi connectivity index (χ1) is 13.2. The van der Waals surface area contributed by atoms with Gasteiger partial charge in [-0.15, -0.1) is 0 Å². The van der Waals surface area contributed by atoms with Crippen LogP contribution in [0.5, 0.6) is 5.75 Å². The lowest BCUT2D eigenvalue weighted by Gasteiger charge is -2.33. The minimum absolute atomic E-state index is 0. The number of benzene rings is 1. The Morgan fingerprint density at radius 3 is 2.59 bits per heavy atom. The van der Waals surface area contributed by atoms with Crippen LogP contribution in [0.2, 0.25) is 0 Å². The summed E-state index contributed by atoms with van der Waals surface area (Å²) in [6.45, 7) is 6.15. The third-order valence-corrected chi connectivity index (χ3v) is 5.51. The number of nitrogens with one attached hydrogen (secondary N) is 1. The number of likely N-dealkylation sites (tertiary alicyclic amines) is 1. The minimum Gasteiger partial charge on any atom is -0.480 e. The van der Waals surface area contributed by atoms with Gasteiger partial charge in [-0.25, -0.2) is 9.59 Å². The molecule has 1 aliphatic heterocycles. The maximum absolute atomic E-state index is 13.1. The summed E-state index contributed by atoms with van der Waals surface area (Å²) in [6.07, 6.45) is 2.49. The van der Waals surface area contributed by atoms with Crippen molar-refractivity contribution in [2.45, 2.75) is 57.9 Å². The summed E-state index contributed by atoms with van der Waals surface area (Å²) in [4.78, 5) is 38.3. The number of amides is 2. The summed E-state index contributed by atoms with van der Waals surface area (Å²) in [5, 5.41) is 11.6.